The minimum absolute atomic E-state index is 0.152. The second-order valence-corrected chi connectivity index (χ2v) is 6.67. The maximum atomic E-state index is 11.7. The zero-order valence-electron chi connectivity index (χ0n) is 11.1. The highest BCUT2D eigenvalue weighted by atomic mass is 32.2. The van der Waals surface area contributed by atoms with Crippen molar-refractivity contribution in [3.63, 3.8) is 0 Å². The zero-order valence-corrected chi connectivity index (χ0v) is 12.0. The summed E-state index contributed by atoms with van der Waals surface area (Å²) in [6.45, 7) is 3.50. The van der Waals surface area contributed by atoms with Gasteiger partial charge in [0.05, 0.1) is 5.75 Å². The van der Waals surface area contributed by atoms with Crippen LogP contribution in [-0.4, -0.2) is 37.5 Å². The molecule has 0 aromatic heterocycles. The van der Waals surface area contributed by atoms with Gasteiger partial charge in [-0.1, -0.05) is 18.2 Å². The monoisotopic (exact) mass is 285 g/mol. The highest BCUT2D eigenvalue weighted by molar-refractivity contribution is 7.92. The van der Waals surface area contributed by atoms with E-state index in [1.165, 1.54) is 0 Å². The van der Waals surface area contributed by atoms with E-state index in [0.29, 0.717) is 5.69 Å². The second-order valence-electron chi connectivity index (χ2n) is 4.48. The number of carbonyl (C=O) groups excluding carboxylic acids is 1. The first-order chi connectivity index (χ1) is 8.85. The molecule has 0 fully saturated rings. The topological polar surface area (TPSA) is 83.5 Å². The van der Waals surface area contributed by atoms with Gasteiger partial charge >= 0.3 is 0 Å². The molecule has 0 radical (unpaired) electrons. The van der Waals surface area contributed by atoms with Gasteiger partial charge in [-0.3, -0.25) is 4.79 Å². The van der Waals surface area contributed by atoms with Crippen LogP contribution in [0.5, 0.6) is 0 Å². The third-order valence-electron chi connectivity index (χ3n) is 2.71. The molecule has 6 heteroatoms. The van der Waals surface area contributed by atoms with Gasteiger partial charge < -0.3 is 10.4 Å². The number of hydrogen-bond acceptors (Lipinski definition) is 4. The van der Waals surface area contributed by atoms with E-state index in [4.69, 9.17) is 5.11 Å². The highest BCUT2D eigenvalue weighted by Crippen LogP contribution is 2.19. The molecule has 1 aromatic carbocycles. The Morgan fingerprint density at radius 1 is 1.26 bits per heavy atom. The van der Waals surface area contributed by atoms with Crippen molar-refractivity contribution < 1.29 is 18.3 Å². The summed E-state index contributed by atoms with van der Waals surface area (Å²) in [6, 6.07) is 5.57. The Morgan fingerprint density at radius 3 is 2.37 bits per heavy atom. The number of rotatable bonds is 6. The summed E-state index contributed by atoms with van der Waals surface area (Å²) in [5.41, 5.74) is 2.44. The minimum atomic E-state index is -3.46. The van der Waals surface area contributed by atoms with E-state index in [2.05, 4.69) is 5.32 Å². The van der Waals surface area contributed by atoms with Crippen LogP contribution >= 0.6 is 0 Å². The van der Waals surface area contributed by atoms with Crippen molar-refractivity contribution >= 4 is 21.4 Å². The van der Waals surface area contributed by atoms with Crippen molar-refractivity contribution in [1.29, 1.82) is 0 Å². The maximum absolute atomic E-state index is 11.7. The number of aliphatic hydroxyl groups excluding tert-OH is 1. The Balaban J connectivity index is 2.71. The van der Waals surface area contributed by atoms with E-state index in [1.54, 1.807) is 0 Å². The molecule has 0 unspecified atom stereocenters. The Hall–Kier alpha value is -1.40. The molecule has 0 saturated heterocycles. The number of sulfone groups is 1. The number of para-hydroxylation sites is 1. The molecule has 0 saturated carbocycles. The number of aliphatic hydroxyl groups is 1. The predicted octanol–water partition coefficient (Wildman–Crippen LogP) is 1.04. The number of nitrogens with one attached hydrogen (secondary N) is 1. The second kappa shape index (κ2) is 6.68. The van der Waals surface area contributed by atoms with Gasteiger partial charge in [-0.2, -0.15) is 0 Å². The summed E-state index contributed by atoms with van der Waals surface area (Å²) in [6.07, 6.45) is 0.152. The third kappa shape index (κ3) is 5.00. The zero-order chi connectivity index (χ0) is 14.5. The Morgan fingerprint density at radius 2 is 1.84 bits per heavy atom. The van der Waals surface area contributed by atoms with E-state index >= 15 is 0 Å². The van der Waals surface area contributed by atoms with Crippen molar-refractivity contribution in [3.8, 4) is 0 Å². The standard InChI is InChI=1S/C13H19NO4S/c1-10-5-3-6-11(2)13(10)14-12(16)9-19(17,18)8-4-7-15/h3,5-6,15H,4,7-9H2,1-2H3,(H,14,16). The molecular formula is C13H19NO4S. The van der Waals surface area contributed by atoms with Crippen LogP contribution in [0.3, 0.4) is 0 Å². The minimum Gasteiger partial charge on any atom is -0.396 e. The first-order valence-electron chi connectivity index (χ1n) is 6.03. The lowest BCUT2D eigenvalue weighted by molar-refractivity contribution is -0.113. The molecule has 0 spiro atoms. The number of hydrogen-bond donors (Lipinski definition) is 2. The number of carbonyl (C=O) groups is 1. The molecule has 0 heterocycles. The van der Waals surface area contributed by atoms with E-state index < -0.39 is 21.5 Å². The van der Waals surface area contributed by atoms with Gasteiger partial charge in [0.1, 0.15) is 5.75 Å². The van der Waals surface area contributed by atoms with Crippen LogP contribution in [0.4, 0.5) is 5.69 Å². The van der Waals surface area contributed by atoms with E-state index in [-0.39, 0.29) is 18.8 Å². The lowest BCUT2D eigenvalue weighted by atomic mass is 10.1. The van der Waals surface area contributed by atoms with Crippen molar-refractivity contribution in [2.24, 2.45) is 0 Å². The number of anilines is 1. The Bertz CT molecular complexity index is 532. The molecule has 1 rings (SSSR count). The summed E-state index contributed by atoms with van der Waals surface area (Å²) < 4.78 is 23.2. The van der Waals surface area contributed by atoms with Crippen molar-refractivity contribution in [2.45, 2.75) is 20.3 Å². The van der Waals surface area contributed by atoms with E-state index in [9.17, 15) is 13.2 Å². The fourth-order valence-electron chi connectivity index (χ4n) is 1.74. The SMILES string of the molecule is Cc1cccc(C)c1NC(=O)CS(=O)(=O)CCCO. The highest BCUT2D eigenvalue weighted by Gasteiger charge is 2.17. The van der Waals surface area contributed by atoms with Crippen LogP contribution in [0.1, 0.15) is 17.5 Å². The summed E-state index contributed by atoms with van der Waals surface area (Å²) in [4.78, 5) is 11.7. The summed E-state index contributed by atoms with van der Waals surface area (Å²) in [5.74, 6) is -1.28. The number of aryl methyl sites for hydroxylation is 2. The van der Waals surface area contributed by atoms with E-state index in [0.717, 1.165) is 11.1 Å². The molecule has 1 aromatic rings. The van der Waals surface area contributed by atoms with Gasteiger partial charge in [-0.05, 0) is 31.4 Å². The summed E-state index contributed by atoms with van der Waals surface area (Å²) >= 11 is 0. The van der Waals surface area contributed by atoms with Crippen LogP contribution in [0.15, 0.2) is 18.2 Å². The lowest BCUT2D eigenvalue weighted by Gasteiger charge is -2.11. The molecule has 19 heavy (non-hydrogen) atoms. The number of benzene rings is 1. The van der Waals surface area contributed by atoms with Crippen molar-refractivity contribution in [2.75, 3.05) is 23.4 Å². The molecule has 1 amide bonds. The first-order valence-corrected chi connectivity index (χ1v) is 7.85. The maximum Gasteiger partial charge on any atom is 0.239 e. The molecule has 2 N–H and O–H groups in total. The van der Waals surface area contributed by atoms with E-state index in [1.807, 2.05) is 32.0 Å². The molecule has 0 atom stereocenters. The average Bonchev–Trinajstić information content (AvgIpc) is 2.31. The number of amides is 1. The van der Waals surface area contributed by atoms with Gasteiger partial charge in [0.15, 0.2) is 9.84 Å². The van der Waals surface area contributed by atoms with Crippen molar-refractivity contribution in [3.05, 3.63) is 29.3 Å². The molecular weight excluding hydrogens is 266 g/mol. The summed E-state index contributed by atoms with van der Waals surface area (Å²) in [5, 5.41) is 11.2. The molecule has 5 nitrogen and oxygen atoms in total. The van der Waals surface area contributed by atoms with Crippen LogP contribution in [0, 0.1) is 13.8 Å². The largest absolute Gasteiger partial charge is 0.396 e. The lowest BCUT2D eigenvalue weighted by Crippen LogP contribution is -2.25. The fraction of sp³-hybridized carbons (Fsp3) is 0.462. The quantitative estimate of drug-likeness (QED) is 0.818. The average molecular weight is 285 g/mol. The van der Waals surface area contributed by atoms with Crippen LogP contribution in [0.2, 0.25) is 0 Å². The van der Waals surface area contributed by atoms with Crippen molar-refractivity contribution in [1.82, 2.24) is 0 Å². The Kier molecular flexibility index (Phi) is 5.50. The predicted molar refractivity (Wildman–Crippen MR) is 74.9 cm³/mol. The molecule has 0 aliphatic carbocycles. The molecule has 0 aliphatic heterocycles. The smallest absolute Gasteiger partial charge is 0.239 e. The fourth-order valence-corrected chi connectivity index (χ4v) is 2.93. The van der Waals surface area contributed by atoms with Gasteiger partial charge in [0.2, 0.25) is 5.91 Å². The first kappa shape index (κ1) is 15.7. The molecule has 106 valence electrons. The van der Waals surface area contributed by atoms with Crippen LogP contribution < -0.4 is 5.32 Å². The molecule has 0 bridgehead atoms. The van der Waals surface area contributed by atoms with Gasteiger partial charge in [0, 0.05) is 12.3 Å². The normalized spacial score (nSPS) is 11.3. The van der Waals surface area contributed by atoms with Crippen LogP contribution in [0.25, 0.3) is 0 Å². The van der Waals surface area contributed by atoms with Gasteiger partial charge in [-0.25, -0.2) is 8.42 Å². The Labute approximate surface area is 113 Å². The summed E-state index contributed by atoms with van der Waals surface area (Å²) in [7, 11) is -3.46. The molecule has 0 aliphatic rings. The van der Waals surface area contributed by atoms with Gasteiger partial charge in [0.25, 0.3) is 0 Å². The van der Waals surface area contributed by atoms with Gasteiger partial charge in [-0.15, -0.1) is 0 Å². The van der Waals surface area contributed by atoms with Crippen LogP contribution in [-0.2, 0) is 14.6 Å². The third-order valence-corrected chi connectivity index (χ3v) is 4.32.